The molecular weight excluding hydrogens is 897 g/mol. The van der Waals surface area contributed by atoms with Crippen LogP contribution in [0.3, 0.4) is 0 Å². The fourth-order valence-corrected chi connectivity index (χ4v) is 7.48. The molecule has 0 bridgehead atoms. The maximum absolute atomic E-state index is 15.3. The minimum atomic E-state index is -1.46. The van der Waals surface area contributed by atoms with E-state index in [1.807, 2.05) is 55.7 Å². The van der Waals surface area contributed by atoms with Gasteiger partial charge in [0.15, 0.2) is 0 Å². The van der Waals surface area contributed by atoms with Gasteiger partial charge in [-0.1, -0.05) is 81.4 Å². The number of amides is 7. The SMILES string of the molecule is CNCCNC(=O)[C@H](CCN(C(=O)CO)[C@@H](c1cc(-c2cc(F)ccc2F)cn1Cc1ccccc1)C(C)(C)C)NC(=O)[C@H](CCC(N)=O)NC(=O)[C@H](C)NC(=O)CNC(=O)OCc1ccccc1. The number of benzene rings is 3. The van der Waals surface area contributed by atoms with E-state index in [1.165, 1.54) is 11.8 Å². The van der Waals surface area contributed by atoms with Gasteiger partial charge < -0.3 is 56.9 Å². The summed E-state index contributed by atoms with van der Waals surface area (Å²) in [5, 5.41) is 25.9. The summed E-state index contributed by atoms with van der Waals surface area (Å²) in [6.07, 6.45) is -0.106. The largest absolute Gasteiger partial charge is 0.445 e. The van der Waals surface area contributed by atoms with Crippen molar-refractivity contribution in [2.24, 2.45) is 11.1 Å². The summed E-state index contributed by atoms with van der Waals surface area (Å²) in [4.78, 5) is 93.4. The van der Waals surface area contributed by atoms with E-state index in [1.54, 1.807) is 49.6 Å². The Balaban J connectivity index is 1.59. The average molecular weight is 960 g/mol. The van der Waals surface area contributed by atoms with Gasteiger partial charge in [-0.2, -0.15) is 0 Å². The van der Waals surface area contributed by atoms with Crippen LogP contribution < -0.4 is 37.6 Å². The Kier molecular flexibility index (Phi) is 20.8. The molecule has 0 spiro atoms. The first-order chi connectivity index (χ1) is 32.8. The molecular formula is C49H63F2N9O9. The molecule has 0 aliphatic carbocycles. The number of carbonyl (C=O) groups is 7. The quantitative estimate of drug-likeness (QED) is 0.0451. The number of likely N-dealkylation sites (N-methyl/N-ethyl adjacent to an activating group) is 1. The first kappa shape index (κ1) is 54.4. The third-order valence-corrected chi connectivity index (χ3v) is 10.9. The van der Waals surface area contributed by atoms with Crippen LogP contribution in [0.1, 0.15) is 69.8 Å². The lowest BCUT2D eigenvalue weighted by molar-refractivity contribution is -0.140. The van der Waals surface area contributed by atoms with Crippen LogP contribution in [-0.2, 0) is 46.7 Å². The molecule has 1 aromatic heterocycles. The number of nitrogens with one attached hydrogen (secondary N) is 6. The maximum atomic E-state index is 15.3. The molecule has 0 fully saturated rings. The number of aliphatic hydroxyl groups is 1. The zero-order valence-electron chi connectivity index (χ0n) is 39.5. The molecule has 0 radical (unpaired) electrons. The number of aromatic nitrogens is 1. The van der Waals surface area contributed by atoms with E-state index in [-0.39, 0.29) is 51.1 Å². The number of hydrogen-bond acceptors (Lipinski definition) is 10. The van der Waals surface area contributed by atoms with Crippen LogP contribution in [-0.4, -0.2) is 114 Å². The fourth-order valence-electron chi connectivity index (χ4n) is 7.48. The zero-order chi connectivity index (χ0) is 50.7. The van der Waals surface area contributed by atoms with E-state index in [9.17, 15) is 43.1 Å². The Morgan fingerprint density at radius 3 is 2.06 bits per heavy atom. The van der Waals surface area contributed by atoms with E-state index in [4.69, 9.17) is 10.5 Å². The Morgan fingerprint density at radius 2 is 1.43 bits per heavy atom. The summed E-state index contributed by atoms with van der Waals surface area (Å²) >= 11 is 0. The highest BCUT2D eigenvalue weighted by atomic mass is 19.1. The third kappa shape index (κ3) is 17.1. The maximum Gasteiger partial charge on any atom is 0.407 e. The number of rotatable bonds is 25. The normalized spacial score (nSPS) is 12.9. The molecule has 0 unspecified atom stereocenters. The van der Waals surface area contributed by atoms with E-state index >= 15 is 4.39 Å². The highest BCUT2D eigenvalue weighted by Gasteiger charge is 2.38. The molecule has 69 heavy (non-hydrogen) atoms. The van der Waals surface area contributed by atoms with Gasteiger partial charge >= 0.3 is 6.09 Å². The molecule has 7 amide bonds. The molecule has 9 N–H and O–H groups in total. The summed E-state index contributed by atoms with van der Waals surface area (Å²) in [7, 11) is 1.67. The van der Waals surface area contributed by atoms with Crippen molar-refractivity contribution in [3.63, 3.8) is 0 Å². The number of primary amides is 1. The van der Waals surface area contributed by atoms with E-state index in [2.05, 4.69) is 31.9 Å². The second-order valence-electron chi connectivity index (χ2n) is 17.4. The minimum Gasteiger partial charge on any atom is -0.445 e. The number of nitrogens with zero attached hydrogens (tertiary/aromatic N) is 2. The van der Waals surface area contributed by atoms with E-state index in [0.29, 0.717) is 17.8 Å². The standard InChI is InChI=1S/C49H63F2N9O9/c1-31(56-42(63)26-55-48(68)69-30-33-14-10-7-11-15-33)45(65)57-38(18-19-41(52)62)47(67)58-39(46(66)54-22-21-53-5)20-23-60(43(64)29-61)44(49(2,3)4)40-24-34(36-25-35(50)16-17-37(36)51)28-59(40)27-32-12-8-6-9-13-32/h6-17,24-25,28,31,38-39,44,53,61H,18-23,26-27,29-30H2,1-5H3,(H2,52,62)(H,54,66)(H,55,68)(H,56,63)(H,57,65)(H,58,67)/t31-,38-,39-,44-/m0/s1. The van der Waals surface area contributed by atoms with Gasteiger partial charge in [0.05, 0.1) is 6.04 Å². The average Bonchev–Trinajstić information content (AvgIpc) is 3.72. The number of halogens is 2. The summed E-state index contributed by atoms with van der Waals surface area (Å²) < 4.78 is 36.7. The van der Waals surface area contributed by atoms with Gasteiger partial charge in [0, 0.05) is 55.6 Å². The van der Waals surface area contributed by atoms with Crippen LogP contribution in [0.2, 0.25) is 0 Å². The molecule has 18 nitrogen and oxygen atoms in total. The molecule has 4 aromatic rings. The molecule has 20 heteroatoms. The number of nitrogens with two attached hydrogens (primary N) is 1. The second kappa shape index (κ2) is 26.4. The Morgan fingerprint density at radius 1 is 0.797 bits per heavy atom. The lowest BCUT2D eigenvalue weighted by Crippen LogP contribution is -2.57. The Labute approximate surface area is 400 Å². The molecule has 0 aliphatic heterocycles. The van der Waals surface area contributed by atoms with Gasteiger partial charge in [-0.05, 0) is 67.6 Å². The summed E-state index contributed by atoms with van der Waals surface area (Å²) in [5.74, 6) is -6.02. The molecule has 372 valence electrons. The van der Waals surface area contributed by atoms with Gasteiger partial charge in [-0.25, -0.2) is 13.6 Å². The minimum absolute atomic E-state index is 0.0136. The van der Waals surface area contributed by atoms with Crippen LogP contribution in [0.15, 0.2) is 91.1 Å². The highest BCUT2D eigenvalue weighted by molar-refractivity contribution is 5.95. The first-order valence-corrected chi connectivity index (χ1v) is 22.5. The molecule has 4 atom stereocenters. The van der Waals surface area contributed by atoms with Gasteiger partial charge in [-0.15, -0.1) is 0 Å². The zero-order valence-corrected chi connectivity index (χ0v) is 39.5. The smallest absolute Gasteiger partial charge is 0.407 e. The topological polar surface area (TPSA) is 255 Å². The van der Waals surface area contributed by atoms with Gasteiger partial charge in [-0.3, -0.25) is 28.8 Å². The van der Waals surface area contributed by atoms with Crippen molar-refractivity contribution in [2.45, 2.75) is 84.3 Å². The van der Waals surface area contributed by atoms with Crippen molar-refractivity contribution in [2.75, 3.05) is 39.8 Å². The van der Waals surface area contributed by atoms with Crippen molar-refractivity contribution in [3.05, 3.63) is 120 Å². The highest BCUT2D eigenvalue weighted by Crippen LogP contribution is 2.41. The van der Waals surface area contributed by atoms with Gasteiger partial charge in [0.1, 0.15) is 49.5 Å². The first-order valence-electron chi connectivity index (χ1n) is 22.5. The summed E-state index contributed by atoms with van der Waals surface area (Å²) in [5.41, 5.74) is 7.01. The number of alkyl carbamates (subject to hydrolysis) is 1. The Bertz CT molecular complexity index is 2380. The van der Waals surface area contributed by atoms with Crippen molar-refractivity contribution < 1.29 is 52.2 Å². The van der Waals surface area contributed by atoms with Crippen molar-refractivity contribution >= 4 is 41.5 Å². The van der Waals surface area contributed by atoms with Gasteiger partial charge in [0.2, 0.25) is 35.4 Å². The lowest BCUT2D eigenvalue weighted by Gasteiger charge is -2.41. The fraction of sp³-hybridized carbons (Fsp3) is 0.408. The van der Waals surface area contributed by atoms with E-state index < -0.39 is 95.9 Å². The van der Waals surface area contributed by atoms with Crippen molar-refractivity contribution in [1.29, 1.82) is 0 Å². The van der Waals surface area contributed by atoms with Crippen LogP contribution in [0.4, 0.5) is 13.6 Å². The van der Waals surface area contributed by atoms with Crippen LogP contribution in [0.5, 0.6) is 0 Å². The number of carbonyl (C=O) groups excluding carboxylic acids is 7. The number of aliphatic hydroxyl groups excluding tert-OH is 1. The predicted molar refractivity (Wildman–Crippen MR) is 252 cm³/mol. The molecule has 3 aromatic carbocycles. The van der Waals surface area contributed by atoms with Crippen LogP contribution in [0.25, 0.3) is 11.1 Å². The van der Waals surface area contributed by atoms with Crippen molar-refractivity contribution in [1.82, 2.24) is 41.4 Å². The number of hydrogen-bond donors (Lipinski definition) is 8. The molecule has 0 saturated carbocycles. The molecule has 0 saturated heterocycles. The molecule has 4 rings (SSSR count). The summed E-state index contributed by atoms with van der Waals surface area (Å²) in [6, 6.07) is 18.0. The second-order valence-corrected chi connectivity index (χ2v) is 17.4. The van der Waals surface area contributed by atoms with Gasteiger partial charge in [0.25, 0.3) is 0 Å². The van der Waals surface area contributed by atoms with E-state index in [0.717, 1.165) is 29.3 Å². The van der Waals surface area contributed by atoms with Crippen LogP contribution in [0, 0.1) is 17.0 Å². The monoisotopic (exact) mass is 959 g/mol. The summed E-state index contributed by atoms with van der Waals surface area (Å²) in [6.45, 7) is 5.89. The Hall–Kier alpha value is -7.19. The molecule has 0 aliphatic rings. The number of ether oxygens (including phenoxy) is 1. The lowest BCUT2D eigenvalue weighted by atomic mass is 9.82. The van der Waals surface area contributed by atoms with Crippen LogP contribution >= 0.6 is 0 Å². The molecule has 1 heterocycles. The third-order valence-electron chi connectivity index (χ3n) is 10.9. The predicted octanol–water partition coefficient (Wildman–Crippen LogP) is 2.78. The van der Waals surface area contributed by atoms with Crippen molar-refractivity contribution in [3.8, 4) is 11.1 Å².